The number of amides is 1. The minimum Gasteiger partial charge on any atom is -0.497 e. The number of aromatic nitrogens is 3. The van der Waals surface area contributed by atoms with Gasteiger partial charge < -0.3 is 15.0 Å². The fourth-order valence-corrected chi connectivity index (χ4v) is 3.18. The lowest BCUT2D eigenvalue weighted by Crippen LogP contribution is -2.11. The molecule has 1 amide bonds. The molecule has 25 heavy (non-hydrogen) atoms. The second-order valence-corrected chi connectivity index (χ2v) is 6.17. The zero-order valence-electron chi connectivity index (χ0n) is 13.3. The number of methoxy groups -OCH3 is 1. The molecule has 0 bridgehead atoms. The lowest BCUT2D eigenvalue weighted by atomic mass is 10.1. The summed E-state index contributed by atoms with van der Waals surface area (Å²) in [5, 5.41) is 8.06. The zero-order valence-corrected chi connectivity index (χ0v) is 14.1. The molecule has 4 rings (SSSR count). The Hall–Kier alpha value is -3.19. The second kappa shape index (κ2) is 6.37. The number of nitrogens with one attached hydrogen (secondary N) is 2. The van der Waals surface area contributed by atoms with Crippen LogP contribution in [0.3, 0.4) is 0 Å². The molecule has 0 fully saturated rings. The molecule has 2 N–H and O–H groups in total. The van der Waals surface area contributed by atoms with E-state index in [1.165, 1.54) is 0 Å². The molecule has 6 nitrogen and oxygen atoms in total. The summed E-state index contributed by atoms with van der Waals surface area (Å²) in [6, 6.07) is 15.1. The van der Waals surface area contributed by atoms with E-state index in [0.717, 1.165) is 39.4 Å². The molecule has 124 valence electrons. The van der Waals surface area contributed by atoms with Crippen molar-refractivity contribution in [2.45, 2.75) is 0 Å². The zero-order chi connectivity index (χ0) is 17.2. The fraction of sp³-hybridized carbons (Fsp3) is 0.0556. The van der Waals surface area contributed by atoms with Gasteiger partial charge in [-0.25, -0.2) is 0 Å². The number of nitrogens with zero attached hydrogens (tertiary/aromatic N) is 2. The molecule has 0 saturated carbocycles. The third-order valence-electron chi connectivity index (χ3n) is 3.87. The van der Waals surface area contributed by atoms with Crippen LogP contribution in [0.4, 0.5) is 5.69 Å². The molecule has 0 radical (unpaired) electrons. The molecule has 0 saturated heterocycles. The van der Waals surface area contributed by atoms with Crippen molar-refractivity contribution in [2.24, 2.45) is 0 Å². The van der Waals surface area contributed by atoms with Crippen molar-refractivity contribution in [3.05, 3.63) is 59.6 Å². The second-order valence-electron chi connectivity index (χ2n) is 5.41. The summed E-state index contributed by atoms with van der Waals surface area (Å²) in [7, 11) is 1.61. The number of rotatable bonds is 4. The predicted octanol–water partition coefficient (Wildman–Crippen LogP) is 3.95. The minimum absolute atomic E-state index is 0.226. The van der Waals surface area contributed by atoms with E-state index in [4.69, 9.17) is 4.74 Å². The van der Waals surface area contributed by atoms with Gasteiger partial charge in [-0.05, 0) is 60.1 Å². The maximum Gasteiger partial charge on any atom is 0.269 e. The van der Waals surface area contributed by atoms with Gasteiger partial charge in [-0.15, -0.1) is 5.10 Å². The summed E-state index contributed by atoms with van der Waals surface area (Å²) in [6.07, 6.45) is 1.87. The van der Waals surface area contributed by atoms with E-state index < -0.39 is 0 Å². The van der Waals surface area contributed by atoms with Crippen molar-refractivity contribution >= 4 is 34.0 Å². The number of fused-ring (bicyclic) bond motifs is 1. The number of carbonyl (C=O) groups is 1. The topological polar surface area (TPSA) is 79.9 Å². The van der Waals surface area contributed by atoms with Crippen LogP contribution in [0.2, 0.25) is 0 Å². The molecule has 7 heteroatoms. The van der Waals surface area contributed by atoms with Gasteiger partial charge in [0.1, 0.15) is 16.3 Å². The number of aromatic amines is 1. The van der Waals surface area contributed by atoms with Gasteiger partial charge in [0.15, 0.2) is 0 Å². The first-order valence-electron chi connectivity index (χ1n) is 7.60. The molecule has 4 aromatic rings. The van der Waals surface area contributed by atoms with Crippen LogP contribution in [0.15, 0.2) is 54.7 Å². The smallest absolute Gasteiger partial charge is 0.269 e. The molecule has 0 aliphatic carbocycles. The maximum absolute atomic E-state index is 12.7. The Balaban J connectivity index is 1.61. The van der Waals surface area contributed by atoms with Crippen LogP contribution in [-0.4, -0.2) is 27.6 Å². The highest BCUT2D eigenvalue weighted by Crippen LogP contribution is 2.27. The number of ether oxygens (including phenoxy) is 1. The van der Waals surface area contributed by atoms with E-state index in [1.54, 1.807) is 7.11 Å². The van der Waals surface area contributed by atoms with Crippen molar-refractivity contribution in [3.63, 3.8) is 0 Å². The molecule has 2 aromatic heterocycles. The van der Waals surface area contributed by atoms with Crippen LogP contribution in [0, 0.1) is 0 Å². The van der Waals surface area contributed by atoms with Crippen LogP contribution in [0.1, 0.15) is 9.67 Å². The van der Waals surface area contributed by atoms with E-state index >= 15 is 0 Å². The third kappa shape index (κ3) is 2.97. The number of carbonyl (C=O) groups excluding carboxylic acids is 1. The van der Waals surface area contributed by atoms with Crippen LogP contribution in [-0.2, 0) is 0 Å². The van der Waals surface area contributed by atoms with Gasteiger partial charge in [-0.1, -0.05) is 4.49 Å². The summed E-state index contributed by atoms with van der Waals surface area (Å²) in [6.45, 7) is 0. The van der Waals surface area contributed by atoms with Crippen LogP contribution < -0.4 is 10.1 Å². The highest BCUT2D eigenvalue weighted by Gasteiger charge is 2.18. The largest absolute Gasteiger partial charge is 0.497 e. The lowest BCUT2D eigenvalue weighted by Gasteiger charge is -2.06. The summed E-state index contributed by atoms with van der Waals surface area (Å²) < 4.78 is 9.10. The van der Waals surface area contributed by atoms with Gasteiger partial charge in [0.25, 0.3) is 5.91 Å². The van der Waals surface area contributed by atoms with E-state index in [9.17, 15) is 4.79 Å². The minimum atomic E-state index is -0.226. The van der Waals surface area contributed by atoms with E-state index in [2.05, 4.69) is 19.9 Å². The fourth-order valence-electron chi connectivity index (χ4n) is 2.60. The number of hydrogen-bond acceptors (Lipinski definition) is 5. The summed E-state index contributed by atoms with van der Waals surface area (Å²) in [5.74, 6) is 0.522. The van der Waals surface area contributed by atoms with Gasteiger partial charge in [0.2, 0.25) is 0 Å². The Morgan fingerprint density at radius 3 is 2.80 bits per heavy atom. The van der Waals surface area contributed by atoms with Crippen molar-refractivity contribution in [3.8, 4) is 17.0 Å². The number of benzene rings is 2. The monoisotopic (exact) mass is 350 g/mol. The Labute approximate surface area is 147 Å². The highest BCUT2D eigenvalue weighted by atomic mass is 32.1. The van der Waals surface area contributed by atoms with E-state index in [-0.39, 0.29) is 5.91 Å². The summed E-state index contributed by atoms with van der Waals surface area (Å²) >= 11 is 1.08. The van der Waals surface area contributed by atoms with Crippen LogP contribution in [0.25, 0.3) is 22.2 Å². The van der Waals surface area contributed by atoms with Gasteiger partial charge in [-0.2, -0.15) is 0 Å². The van der Waals surface area contributed by atoms with Crippen LogP contribution >= 0.6 is 11.5 Å². The first-order valence-corrected chi connectivity index (χ1v) is 8.37. The SMILES string of the molecule is COc1ccc(-c2nnsc2C(=O)Nc2ccc3[nH]ccc3c2)cc1. The third-order valence-corrected chi connectivity index (χ3v) is 4.59. The molecule has 0 spiro atoms. The summed E-state index contributed by atoms with van der Waals surface area (Å²) in [5.41, 5.74) is 3.14. The average Bonchev–Trinajstić information content (AvgIpc) is 3.30. The maximum atomic E-state index is 12.7. The van der Waals surface area contributed by atoms with Crippen molar-refractivity contribution in [1.29, 1.82) is 0 Å². The first kappa shape index (κ1) is 15.3. The number of anilines is 1. The molecule has 2 aromatic carbocycles. The normalized spacial score (nSPS) is 10.8. The molecule has 0 unspecified atom stereocenters. The molecular weight excluding hydrogens is 336 g/mol. The molecule has 0 atom stereocenters. The van der Waals surface area contributed by atoms with Gasteiger partial charge in [-0.3, -0.25) is 4.79 Å². The van der Waals surface area contributed by atoms with Crippen molar-refractivity contribution in [1.82, 2.24) is 14.6 Å². The molecule has 2 heterocycles. The van der Waals surface area contributed by atoms with Crippen molar-refractivity contribution < 1.29 is 9.53 Å². The Morgan fingerprint density at radius 2 is 2.00 bits per heavy atom. The number of hydrogen-bond donors (Lipinski definition) is 2. The Bertz CT molecular complexity index is 1040. The quantitative estimate of drug-likeness (QED) is 0.584. The average molecular weight is 350 g/mol. The first-order chi connectivity index (χ1) is 12.2. The van der Waals surface area contributed by atoms with Gasteiger partial charge >= 0.3 is 0 Å². The Morgan fingerprint density at radius 1 is 1.16 bits per heavy atom. The van der Waals surface area contributed by atoms with Gasteiger partial charge in [0.05, 0.1) is 7.11 Å². The molecule has 0 aliphatic heterocycles. The number of H-pyrrole nitrogens is 1. The lowest BCUT2D eigenvalue weighted by molar-refractivity contribution is 0.103. The highest BCUT2D eigenvalue weighted by molar-refractivity contribution is 7.08. The van der Waals surface area contributed by atoms with Gasteiger partial charge in [0, 0.05) is 28.4 Å². The standard InChI is InChI=1S/C18H14N4O2S/c1-24-14-5-2-11(3-6-14)16-17(25-22-21-16)18(23)20-13-4-7-15-12(10-13)8-9-19-15/h2-10,19H,1H3,(H,20,23). The predicted molar refractivity (Wildman–Crippen MR) is 98.1 cm³/mol. The molecular formula is C18H14N4O2S. The van der Waals surface area contributed by atoms with E-state index in [0.29, 0.717) is 10.6 Å². The van der Waals surface area contributed by atoms with E-state index in [1.807, 2.05) is 54.7 Å². The summed E-state index contributed by atoms with van der Waals surface area (Å²) in [4.78, 5) is 16.3. The molecule has 0 aliphatic rings. The van der Waals surface area contributed by atoms with Crippen molar-refractivity contribution in [2.75, 3.05) is 12.4 Å². The van der Waals surface area contributed by atoms with Crippen LogP contribution in [0.5, 0.6) is 5.75 Å². The Kier molecular flexibility index (Phi) is 3.91.